The molecule has 98 heavy (non-hydrogen) atoms. The van der Waals surface area contributed by atoms with Crippen molar-refractivity contribution >= 4 is 104 Å². The molecular formula is C71H88F2N12O11S2. The maximum Gasteiger partial charge on any atom is 0.246 e. The Bertz CT molecular complexity index is 3890. The third kappa shape index (κ3) is 19.3. The lowest BCUT2D eigenvalue weighted by Crippen LogP contribution is -2.63. The second-order valence-electron chi connectivity index (χ2n) is 26.3. The standard InChI is InChI=1S/C71H88F2N12O11S2/c1-41(2)27-56-65(91)81-58(29-42-13-17-50(86)18-14-42)69(95)85-25-8-22-71(85,3)70(96)83-60(63(75)89)40-98-39-44-10-6-9-43(28-44)38-97-26-21-51(87)30-45(11-4-5-23-74)64(90)78-37-62(88)79-57(31-46-35-76-54-19-15-48(72)33-52(46)54)66(92)82-59(68(94)84-24-7-12-61(84)67(93)80-56)32-47-36-77-55-20-16-49(73)34-53(47)55/h6,9-10,13-20,28,33-36,41,45,56-61,76-77,86H,4-5,7-8,11-12,21-27,29-32,37-40,74H2,1-3H3,(H2,75,89)(H,78,90)(H,79,88)(H,80,93)(H,81,91)(H,82,92)(H,83,96)/t45-,56+,57+,58+,59+,60+,61+,71+/m1/s1. The summed E-state index contributed by atoms with van der Waals surface area (Å²) >= 11 is 2.91. The number of nitrogens with zero attached hydrogens (tertiary/aromatic N) is 2. The summed E-state index contributed by atoms with van der Waals surface area (Å²) in [4.78, 5) is 154. The molecule has 13 N–H and O–H groups in total. The van der Waals surface area contributed by atoms with Crippen molar-refractivity contribution in [2.24, 2.45) is 23.3 Å². The number of amides is 9. The lowest BCUT2D eigenvalue weighted by Gasteiger charge is -2.37. The van der Waals surface area contributed by atoms with E-state index in [0.717, 1.165) is 11.1 Å². The van der Waals surface area contributed by atoms with Gasteiger partial charge >= 0.3 is 0 Å². The number of fused-ring (bicyclic) bond motifs is 6. The van der Waals surface area contributed by atoms with E-state index in [-0.39, 0.29) is 87.7 Å². The predicted octanol–water partition coefficient (Wildman–Crippen LogP) is 5.38. The molecule has 27 heteroatoms. The number of halogens is 2. The zero-order valence-corrected chi connectivity index (χ0v) is 57.0. The molecule has 3 aliphatic heterocycles. The highest BCUT2D eigenvalue weighted by Crippen LogP contribution is 2.32. The van der Waals surface area contributed by atoms with Crippen molar-refractivity contribution in [3.8, 4) is 5.75 Å². The van der Waals surface area contributed by atoms with Crippen molar-refractivity contribution in [1.82, 2.24) is 51.7 Å². The van der Waals surface area contributed by atoms with Gasteiger partial charge in [0.2, 0.25) is 53.2 Å². The monoisotopic (exact) mass is 1390 g/mol. The molecular weight excluding hydrogens is 1300 g/mol. The molecule has 9 rings (SSSR count). The van der Waals surface area contributed by atoms with Gasteiger partial charge in [0.05, 0.1) is 6.54 Å². The highest BCUT2D eigenvalue weighted by molar-refractivity contribution is 7.98. The second kappa shape index (κ2) is 34.1. The zero-order valence-electron chi connectivity index (χ0n) is 55.4. The summed E-state index contributed by atoms with van der Waals surface area (Å²) < 4.78 is 29.9. The van der Waals surface area contributed by atoms with Gasteiger partial charge in [-0.2, -0.15) is 23.5 Å². The Morgan fingerprint density at radius 2 is 1.32 bits per heavy atom. The van der Waals surface area contributed by atoms with E-state index < -0.39 is 119 Å². The normalized spacial score (nSPS) is 23.9. The molecule has 6 aromatic rings. The zero-order chi connectivity index (χ0) is 70.2. The van der Waals surface area contributed by atoms with Crippen molar-refractivity contribution in [3.63, 3.8) is 0 Å². The number of aromatic nitrogens is 2. The molecule has 2 saturated heterocycles. The average molecular weight is 1390 g/mol. The van der Waals surface area contributed by atoms with Crippen molar-refractivity contribution < 1.29 is 61.8 Å². The first kappa shape index (κ1) is 73.4. The number of carbonyl (C=O) groups excluding carboxylic acids is 10. The number of phenols is 1. The number of rotatable bonds is 13. The molecule has 8 atom stereocenters. The lowest BCUT2D eigenvalue weighted by atomic mass is 9.94. The summed E-state index contributed by atoms with van der Waals surface area (Å²) in [5.41, 5.74) is 14.5. The number of phenolic OH excluding ortho intramolecular Hbond substituents is 1. The Balaban J connectivity index is 1.04. The van der Waals surface area contributed by atoms with Gasteiger partial charge in [-0.3, -0.25) is 47.9 Å². The molecule has 0 spiro atoms. The van der Waals surface area contributed by atoms with Crippen LogP contribution in [0.4, 0.5) is 8.78 Å². The number of Topliss-reactive ketones (excluding diaryl/α,β-unsaturated/α-hetero) is 1. The molecule has 2 aromatic heterocycles. The van der Waals surface area contributed by atoms with Crippen LogP contribution < -0.4 is 43.4 Å². The van der Waals surface area contributed by atoms with Crippen LogP contribution >= 0.6 is 23.5 Å². The largest absolute Gasteiger partial charge is 0.508 e. The maximum absolute atomic E-state index is 15.5. The Morgan fingerprint density at radius 3 is 1.96 bits per heavy atom. The molecule has 3 aliphatic rings. The van der Waals surface area contributed by atoms with E-state index in [1.54, 1.807) is 31.5 Å². The van der Waals surface area contributed by atoms with Gasteiger partial charge in [0.1, 0.15) is 65.0 Å². The lowest BCUT2D eigenvalue weighted by molar-refractivity contribution is -0.147. The summed E-state index contributed by atoms with van der Waals surface area (Å²) in [6, 6.07) is 13.9. The van der Waals surface area contributed by atoms with Crippen LogP contribution in [0.1, 0.15) is 113 Å². The molecule has 0 unspecified atom stereocenters. The van der Waals surface area contributed by atoms with E-state index in [2.05, 4.69) is 41.9 Å². The summed E-state index contributed by atoms with van der Waals surface area (Å²) in [7, 11) is 0. The molecule has 23 nitrogen and oxygen atoms in total. The maximum atomic E-state index is 15.5. The van der Waals surface area contributed by atoms with Crippen LogP contribution in [0, 0.1) is 23.5 Å². The van der Waals surface area contributed by atoms with E-state index in [1.807, 2.05) is 38.1 Å². The number of aromatic hydroxyl groups is 1. The van der Waals surface area contributed by atoms with Gasteiger partial charge in [0, 0.05) is 108 Å². The molecule has 2 fully saturated rings. The number of hydrogen-bond donors (Lipinski definition) is 11. The van der Waals surface area contributed by atoms with E-state index in [9.17, 15) is 47.4 Å². The molecule has 0 radical (unpaired) electrons. The first-order valence-electron chi connectivity index (χ1n) is 33.4. The minimum atomic E-state index is -1.52. The fourth-order valence-corrected chi connectivity index (χ4v) is 15.0. The Labute approximate surface area is 576 Å². The number of primary amides is 1. The van der Waals surface area contributed by atoms with Crippen LogP contribution in [-0.4, -0.2) is 163 Å². The number of ketones is 1. The van der Waals surface area contributed by atoms with Crippen LogP contribution in [0.15, 0.2) is 97.3 Å². The van der Waals surface area contributed by atoms with Crippen LogP contribution in [0.2, 0.25) is 0 Å². The number of nitrogens with one attached hydrogen (secondary N) is 8. The average Bonchev–Trinajstić information content (AvgIpc) is 1.59. The van der Waals surface area contributed by atoms with Gasteiger partial charge in [-0.1, -0.05) is 56.7 Å². The third-order valence-corrected chi connectivity index (χ3v) is 20.5. The van der Waals surface area contributed by atoms with Gasteiger partial charge in [-0.25, -0.2) is 8.78 Å². The molecule has 5 heterocycles. The Kier molecular flexibility index (Phi) is 25.6. The highest BCUT2D eigenvalue weighted by atomic mass is 32.2. The highest BCUT2D eigenvalue weighted by Gasteiger charge is 2.49. The number of thioether (sulfide) groups is 2. The molecule has 0 aliphatic carbocycles. The van der Waals surface area contributed by atoms with Crippen LogP contribution in [-0.2, 0) is 78.7 Å². The molecule has 4 aromatic carbocycles. The van der Waals surface area contributed by atoms with Crippen molar-refractivity contribution in [2.75, 3.05) is 37.7 Å². The van der Waals surface area contributed by atoms with Gasteiger partial charge in [0.25, 0.3) is 0 Å². The SMILES string of the molecule is CC(C)C[C@@H]1NC(=O)[C@@H]2CCCN2C(=O)[C@H](Cc2c[nH]c3ccc(F)cc23)NC(=O)[C@H](Cc2c[nH]c3ccc(F)cc23)NC(=O)CNC(=O)[C@H](CCCCN)CC(=O)CCSCc2cccc(c2)CSC[C@@H](C(N)=O)NC(=O)[C@]2(C)CCCN2C(=O)[C@H](Cc2ccc(O)cc2)NC1=O. The number of unbranched alkanes of at least 4 members (excludes halogenated alkanes) is 1. The molecule has 524 valence electrons. The molecule has 2 bridgehead atoms. The summed E-state index contributed by atoms with van der Waals surface area (Å²) in [6.45, 7) is 5.11. The first-order chi connectivity index (χ1) is 47.0. The number of benzene rings is 4. The number of aromatic amines is 2. The van der Waals surface area contributed by atoms with E-state index in [0.29, 0.717) is 94.4 Å². The smallest absolute Gasteiger partial charge is 0.246 e. The van der Waals surface area contributed by atoms with Gasteiger partial charge in [-0.15, -0.1) is 0 Å². The van der Waals surface area contributed by atoms with Crippen LogP contribution in [0.25, 0.3) is 21.8 Å². The minimum absolute atomic E-state index is 0.0180. The van der Waals surface area contributed by atoms with Crippen molar-refractivity contribution in [2.45, 2.75) is 158 Å². The summed E-state index contributed by atoms with van der Waals surface area (Å²) in [5.74, 6) is -7.37. The molecule has 9 amide bonds. The van der Waals surface area contributed by atoms with Gasteiger partial charge < -0.3 is 68.2 Å². The summed E-state index contributed by atoms with van der Waals surface area (Å²) in [5, 5.41) is 27.8. The van der Waals surface area contributed by atoms with E-state index >= 15 is 14.4 Å². The Hall–Kier alpha value is -8.82. The van der Waals surface area contributed by atoms with Crippen molar-refractivity contribution in [3.05, 3.63) is 137 Å². The van der Waals surface area contributed by atoms with Gasteiger partial charge in [0.15, 0.2) is 0 Å². The number of H-pyrrole nitrogens is 2. The first-order valence-corrected chi connectivity index (χ1v) is 35.7. The number of nitrogens with two attached hydrogens (primary N) is 2. The second-order valence-corrected chi connectivity index (χ2v) is 28.4. The summed E-state index contributed by atoms with van der Waals surface area (Å²) in [6.07, 6.45) is 5.04. The molecule has 0 saturated carbocycles. The van der Waals surface area contributed by atoms with E-state index in [4.69, 9.17) is 11.5 Å². The van der Waals surface area contributed by atoms with Gasteiger partial charge in [-0.05, 0) is 141 Å². The predicted molar refractivity (Wildman–Crippen MR) is 371 cm³/mol. The number of hydrogen-bond acceptors (Lipinski definition) is 14. The van der Waals surface area contributed by atoms with Crippen molar-refractivity contribution in [1.29, 1.82) is 0 Å². The van der Waals surface area contributed by atoms with Crippen LogP contribution in [0.3, 0.4) is 0 Å². The third-order valence-electron chi connectivity index (χ3n) is 18.4. The fourth-order valence-electron chi connectivity index (χ4n) is 13.1. The van der Waals surface area contributed by atoms with E-state index in [1.165, 1.54) is 81.9 Å². The number of carbonyl (C=O) groups is 10. The van der Waals surface area contributed by atoms with Crippen LogP contribution in [0.5, 0.6) is 5.75 Å². The quantitative estimate of drug-likeness (QED) is 0.0647. The minimum Gasteiger partial charge on any atom is -0.508 e. The Morgan fingerprint density at radius 1 is 0.694 bits per heavy atom. The topological polar surface area (TPSA) is 353 Å². The fraction of sp³-hybridized carbons (Fsp3) is 0.465.